The molecule has 0 saturated heterocycles. The largest absolute Gasteiger partial charge is 0.379 e. The van der Waals surface area contributed by atoms with E-state index in [9.17, 15) is 0 Å². The SMILES string of the molecule is CCC(C)n1ccc(CNc2cc(C)cc(C)c2)n1. The Balaban J connectivity index is 2.00. The first-order valence-corrected chi connectivity index (χ1v) is 6.94. The Morgan fingerprint density at radius 3 is 2.53 bits per heavy atom. The summed E-state index contributed by atoms with van der Waals surface area (Å²) in [7, 11) is 0. The van der Waals surface area contributed by atoms with Crippen LogP contribution in [0.4, 0.5) is 5.69 Å². The second kappa shape index (κ2) is 5.91. The quantitative estimate of drug-likeness (QED) is 0.874. The summed E-state index contributed by atoms with van der Waals surface area (Å²) in [5.41, 5.74) is 4.82. The van der Waals surface area contributed by atoms with Crippen LogP contribution in [0.5, 0.6) is 0 Å². The number of aromatic nitrogens is 2. The number of benzene rings is 1. The lowest BCUT2D eigenvalue weighted by Crippen LogP contribution is -2.06. The predicted molar refractivity (Wildman–Crippen MR) is 80.5 cm³/mol. The molecule has 3 heteroatoms. The lowest BCUT2D eigenvalue weighted by atomic mass is 10.1. The highest BCUT2D eigenvalue weighted by Crippen LogP contribution is 2.15. The summed E-state index contributed by atoms with van der Waals surface area (Å²) in [4.78, 5) is 0. The lowest BCUT2D eigenvalue weighted by molar-refractivity contribution is 0.474. The molecule has 3 nitrogen and oxygen atoms in total. The van der Waals surface area contributed by atoms with Gasteiger partial charge in [0.15, 0.2) is 0 Å². The summed E-state index contributed by atoms with van der Waals surface area (Å²) in [6, 6.07) is 9.07. The first-order valence-electron chi connectivity index (χ1n) is 6.94. The topological polar surface area (TPSA) is 29.9 Å². The van der Waals surface area contributed by atoms with Gasteiger partial charge in [0.25, 0.3) is 0 Å². The first-order chi connectivity index (χ1) is 9.08. The molecule has 0 amide bonds. The van der Waals surface area contributed by atoms with Crippen LogP contribution in [0.3, 0.4) is 0 Å². The van der Waals surface area contributed by atoms with Crippen LogP contribution in [0.1, 0.15) is 43.1 Å². The van der Waals surface area contributed by atoms with E-state index >= 15 is 0 Å². The molecule has 1 N–H and O–H groups in total. The van der Waals surface area contributed by atoms with Crippen LogP contribution in [0.15, 0.2) is 30.5 Å². The van der Waals surface area contributed by atoms with Gasteiger partial charge in [-0.25, -0.2) is 0 Å². The summed E-state index contributed by atoms with van der Waals surface area (Å²) in [5, 5.41) is 8.03. The molecule has 1 aromatic heterocycles. The fourth-order valence-corrected chi connectivity index (χ4v) is 2.17. The maximum absolute atomic E-state index is 4.60. The van der Waals surface area contributed by atoms with Gasteiger partial charge < -0.3 is 5.32 Å². The third-order valence-corrected chi connectivity index (χ3v) is 3.40. The smallest absolute Gasteiger partial charge is 0.0815 e. The van der Waals surface area contributed by atoms with E-state index in [0.29, 0.717) is 6.04 Å². The minimum atomic E-state index is 0.468. The maximum atomic E-state index is 4.60. The van der Waals surface area contributed by atoms with Gasteiger partial charge in [-0.1, -0.05) is 13.0 Å². The zero-order chi connectivity index (χ0) is 13.8. The number of anilines is 1. The molecule has 0 spiro atoms. The molecule has 0 aliphatic carbocycles. The molecule has 1 atom stereocenters. The van der Waals surface area contributed by atoms with Crippen molar-refractivity contribution in [3.63, 3.8) is 0 Å². The summed E-state index contributed by atoms with van der Waals surface area (Å²) in [6.45, 7) is 9.38. The Morgan fingerprint density at radius 1 is 1.21 bits per heavy atom. The average Bonchev–Trinajstić information content (AvgIpc) is 2.83. The highest BCUT2D eigenvalue weighted by Gasteiger charge is 2.04. The zero-order valence-electron chi connectivity index (χ0n) is 12.3. The number of hydrogen-bond donors (Lipinski definition) is 1. The predicted octanol–water partition coefficient (Wildman–Crippen LogP) is 4.08. The van der Waals surface area contributed by atoms with Crippen LogP contribution < -0.4 is 5.32 Å². The standard InChI is InChI=1S/C16H23N3/c1-5-14(4)19-7-6-15(18-19)11-17-16-9-12(2)8-13(3)10-16/h6-10,14,17H,5,11H2,1-4H3. The van der Waals surface area contributed by atoms with E-state index in [1.54, 1.807) is 0 Å². The van der Waals surface area contributed by atoms with Gasteiger partial charge in [0, 0.05) is 17.9 Å². The highest BCUT2D eigenvalue weighted by atomic mass is 15.3. The third kappa shape index (κ3) is 3.60. The van der Waals surface area contributed by atoms with E-state index in [1.807, 2.05) is 4.68 Å². The monoisotopic (exact) mass is 257 g/mol. The number of aryl methyl sites for hydroxylation is 2. The number of rotatable bonds is 5. The van der Waals surface area contributed by atoms with Gasteiger partial charge >= 0.3 is 0 Å². The first kappa shape index (κ1) is 13.7. The highest BCUT2D eigenvalue weighted by molar-refractivity contribution is 5.48. The lowest BCUT2D eigenvalue weighted by Gasteiger charge is -2.09. The molecule has 1 unspecified atom stereocenters. The van der Waals surface area contributed by atoms with E-state index in [2.05, 4.69) is 68.6 Å². The molecule has 1 aromatic carbocycles. The minimum absolute atomic E-state index is 0.468. The molecule has 0 aliphatic heterocycles. The minimum Gasteiger partial charge on any atom is -0.379 e. The molecule has 0 fully saturated rings. The molecule has 0 saturated carbocycles. The van der Waals surface area contributed by atoms with Gasteiger partial charge in [-0.15, -0.1) is 0 Å². The molecule has 19 heavy (non-hydrogen) atoms. The number of nitrogens with one attached hydrogen (secondary N) is 1. The van der Waals surface area contributed by atoms with Crippen molar-refractivity contribution in [2.75, 3.05) is 5.32 Å². The number of nitrogens with zero attached hydrogens (tertiary/aromatic N) is 2. The van der Waals surface area contributed by atoms with Crippen molar-refractivity contribution in [3.05, 3.63) is 47.3 Å². The Bertz CT molecular complexity index is 522. The number of hydrogen-bond acceptors (Lipinski definition) is 2. The van der Waals surface area contributed by atoms with Gasteiger partial charge in [-0.3, -0.25) is 4.68 Å². The molecule has 1 heterocycles. The molecular weight excluding hydrogens is 234 g/mol. The van der Waals surface area contributed by atoms with Crippen LogP contribution in [0.25, 0.3) is 0 Å². The van der Waals surface area contributed by atoms with E-state index in [0.717, 1.165) is 24.3 Å². The van der Waals surface area contributed by atoms with Crippen molar-refractivity contribution < 1.29 is 0 Å². The summed E-state index contributed by atoms with van der Waals surface area (Å²) in [6.07, 6.45) is 3.16. The zero-order valence-corrected chi connectivity index (χ0v) is 12.3. The van der Waals surface area contributed by atoms with Gasteiger partial charge in [-0.05, 0) is 56.5 Å². The van der Waals surface area contributed by atoms with Gasteiger partial charge in [0.05, 0.1) is 12.2 Å². The Morgan fingerprint density at radius 2 is 1.89 bits per heavy atom. The summed E-state index contributed by atoms with van der Waals surface area (Å²) >= 11 is 0. The van der Waals surface area contributed by atoms with Crippen LogP contribution in [-0.4, -0.2) is 9.78 Å². The molecule has 102 valence electrons. The Kier molecular flexibility index (Phi) is 4.25. The van der Waals surface area contributed by atoms with Gasteiger partial charge in [0.2, 0.25) is 0 Å². The van der Waals surface area contributed by atoms with Crippen LogP contribution in [0, 0.1) is 13.8 Å². The summed E-state index contributed by atoms with van der Waals surface area (Å²) in [5.74, 6) is 0. The van der Waals surface area contributed by atoms with Crippen molar-refractivity contribution in [3.8, 4) is 0 Å². The molecule has 0 bridgehead atoms. The summed E-state index contributed by atoms with van der Waals surface area (Å²) < 4.78 is 2.04. The van der Waals surface area contributed by atoms with Crippen molar-refractivity contribution in [2.24, 2.45) is 0 Å². The average molecular weight is 257 g/mol. The van der Waals surface area contributed by atoms with Crippen LogP contribution in [0.2, 0.25) is 0 Å². The molecule has 2 rings (SSSR count). The third-order valence-electron chi connectivity index (χ3n) is 3.40. The van der Waals surface area contributed by atoms with E-state index in [1.165, 1.54) is 11.1 Å². The molecular formula is C16H23N3. The van der Waals surface area contributed by atoms with Gasteiger partial charge in [-0.2, -0.15) is 5.10 Å². The second-order valence-electron chi connectivity index (χ2n) is 5.27. The Hall–Kier alpha value is -1.77. The normalized spacial score (nSPS) is 12.4. The van der Waals surface area contributed by atoms with Crippen LogP contribution >= 0.6 is 0 Å². The second-order valence-corrected chi connectivity index (χ2v) is 5.27. The van der Waals surface area contributed by atoms with E-state index in [-0.39, 0.29) is 0 Å². The molecule has 0 radical (unpaired) electrons. The molecule has 2 aromatic rings. The maximum Gasteiger partial charge on any atom is 0.0815 e. The van der Waals surface area contributed by atoms with Crippen molar-refractivity contribution in [2.45, 2.75) is 46.7 Å². The molecule has 0 aliphatic rings. The van der Waals surface area contributed by atoms with E-state index < -0.39 is 0 Å². The van der Waals surface area contributed by atoms with Gasteiger partial charge in [0.1, 0.15) is 0 Å². The van der Waals surface area contributed by atoms with Crippen molar-refractivity contribution >= 4 is 5.69 Å². The van der Waals surface area contributed by atoms with Crippen LogP contribution in [-0.2, 0) is 6.54 Å². The fourth-order valence-electron chi connectivity index (χ4n) is 2.17. The van der Waals surface area contributed by atoms with Crippen molar-refractivity contribution in [1.29, 1.82) is 0 Å². The van der Waals surface area contributed by atoms with Crippen molar-refractivity contribution in [1.82, 2.24) is 9.78 Å². The fraction of sp³-hybridized carbons (Fsp3) is 0.438. The van der Waals surface area contributed by atoms with E-state index in [4.69, 9.17) is 0 Å². The Labute approximate surface area is 115 Å².